The quantitative estimate of drug-likeness (QED) is 0.694. The van der Waals surface area contributed by atoms with Crippen LogP contribution in [0.3, 0.4) is 0 Å². The highest BCUT2D eigenvalue weighted by Gasteiger charge is 2.19. The minimum Gasteiger partial charge on any atom is -0.497 e. The average molecular weight is 384 g/mol. The van der Waals surface area contributed by atoms with Crippen molar-refractivity contribution in [1.29, 1.82) is 0 Å². The second-order valence-corrected chi connectivity index (χ2v) is 9.56. The molecule has 0 aliphatic carbocycles. The van der Waals surface area contributed by atoms with Crippen molar-refractivity contribution >= 4 is 19.7 Å². The molecule has 0 spiro atoms. The van der Waals surface area contributed by atoms with Crippen molar-refractivity contribution in [2.45, 2.75) is 16.2 Å². The number of hydrogen-bond donors (Lipinski definition) is 0. The first kappa shape index (κ1) is 19.3. The molecule has 0 saturated carbocycles. The molecule has 0 amide bonds. The number of rotatable bonds is 8. The Hall–Kier alpha value is -2.06. The van der Waals surface area contributed by atoms with Crippen LogP contribution < -0.4 is 9.47 Å². The monoisotopic (exact) mass is 384 g/mol. The maximum atomic E-state index is 12.3. The zero-order valence-electron chi connectivity index (χ0n) is 14.0. The van der Waals surface area contributed by atoms with Gasteiger partial charge in [0.15, 0.2) is 19.7 Å². The summed E-state index contributed by atoms with van der Waals surface area (Å²) in [6.45, 7) is 0. The average Bonchev–Trinajstić information content (AvgIpc) is 2.61. The minimum atomic E-state index is -3.54. The lowest BCUT2D eigenvalue weighted by Crippen LogP contribution is -2.13. The SMILES string of the molecule is COc1ccc(S(=O)(=O)CCCS(=O)(=O)c2ccc(OC)cc2)cc1. The van der Waals surface area contributed by atoms with Crippen LogP contribution in [0.25, 0.3) is 0 Å². The molecule has 0 radical (unpaired) electrons. The zero-order valence-corrected chi connectivity index (χ0v) is 15.6. The van der Waals surface area contributed by atoms with E-state index in [4.69, 9.17) is 9.47 Å². The number of ether oxygens (including phenoxy) is 2. The second kappa shape index (κ2) is 7.88. The summed E-state index contributed by atoms with van der Waals surface area (Å²) >= 11 is 0. The molecule has 0 saturated heterocycles. The van der Waals surface area contributed by atoms with E-state index in [0.29, 0.717) is 11.5 Å². The van der Waals surface area contributed by atoms with Crippen LogP contribution in [0.5, 0.6) is 11.5 Å². The van der Waals surface area contributed by atoms with E-state index < -0.39 is 19.7 Å². The molecule has 25 heavy (non-hydrogen) atoms. The third kappa shape index (κ3) is 4.96. The maximum Gasteiger partial charge on any atom is 0.178 e. The fourth-order valence-electron chi connectivity index (χ4n) is 2.24. The van der Waals surface area contributed by atoms with Gasteiger partial charge in [0.25, 0.3) is 0 Å². The van der Waals surface area contributed by atoms with Gasteiger partial charge in [-0.25, -0.2) is 16.8 Å². The molecule has 2 aromatic rings. The van der Waals surface area contributed by atoms with Gasteiger partial charge in [-0.3, -0.25) is 0 Å². The molecule has 0 bridgehead atoms. The Kier molecular flexibility index (Phi) is 6.07. The lowest BCUT2D eigenvalue weighted by Gasteiger charge is -2.07. The van der Waals surface area contributed by atoms with E-state index in [-0.39, 0.29) is 27.7 Å². The van der Waals surface area contributed by atoms with E-state index >= 15 is 0 Å². The number of sulfone groups is 2. The molecule has 0 unspecified atom stereocenters. The highest BCUT2D eigenvalue weighted by Crippen LogP contribution is 2.20. The first-order valence-electron chi connectivity index (χ1n) is 7.52. The summed E-state index contributed by atoms with van der Waals surface area (Å²) in [5.74, 6) is 0.630. The molecular formula is C17H20O6S2. The van der Waals surface area contributed by atoms with Crippen LogP contribution in [0, 0.1) is 0 Å². The maximum absolute atomic E-state index is 12.3. The summed E-state index contributed by atoms with van der Waals surface area (Å²) in [4.78, 5) is 0.297. The summed E-state index contributed by atoms with van der Waals surface area (Å²) in [7, 11) is -4.09. The molecule has 0 aromatic heterocycles. The Morgan fingerprint density at radius 1 is 0.640 bits per heavy atom. The van der Waals surface area contributed by atoms with Gasteiger partial charge in [-0.1, -0.05) is 0 Å². The molecule has 0 heterocycles. The highest BCUT2D eigenvalue weighted by molar-refractivity contribution is 7.92. The molecule has 0 N–H and O–H groups in total. The van der Waals surface area contributed by atoms with E-state index in [9.17, 15) is 16.8 Å². The third-order valence-corrected chi connectivity index (χ3v) is 7.30. The van der Waals surface area contributed by atoms with Crippen LogP contribution in [0.4, 0.5) is 0 Å². The van der Waals surface area contributed by atoms with Crippen molar-refractivity contribution < 1.29 is 26.3 Å². The topological polar surface area (TPSA) is 86.7 Å². The Labute approximate surface area is 148 Å². The Morgan fingerprint density at radius 3 is 1.24 bits per heavy atom. The van der Waals surface area contributed by atoms with Gasteiger partial charge >= 0.3 is 0 Å². The summed E-state index contributed by atoms with van der Waals surface area (Å²) in [5.41, 5.74) is 0. The molecule has 0 atom stereocenters. The van der Waals surface area contributed by atoms with Crippen molar-refractivity contribution in [2.24, 2.45) is 0 Å². The van der Waals surface area contributed by atoms with Crippen LogP contribution in [-0.2, 0) is 19.7 Å². The number of hydrogen-bond acceptors (Lipinski definition) is 6. The summed E-state index contributed by atoms with van der Waals surface area (Å²) < 4.78 is 59.1. The fraction of sp³-hybridized carbons (Fsp3) is 0.294. The van der Waals surface area contributed by atoms with Crippen LogP contribution in [0.2, 0.25) is 0 Å². The van der Waals surface area contributed by atoms with Crippen molar-refractivity contribution in [2.75, 3.05) is 25.7 Å². The second-order valence-electron chi connectivity index (χ2n) is 5.34. The molecule has 136 valence electrons. The van der Waals surface area contributed by atoms with Gasteiger partial charge < -0.3 is 9.47 Å². The normalized spacial score (nSPS) is 11.9. The van der Waals surface area contributed by atoms with E-state index in [0.717, 1.165) is 0 Å². The minimum absolute atomic E-state index is 0.0166. The third-order valence-electron chi connectivity index (χ3n) is 3.66. The summed E-state index contributed by atoms with van der Waals surface area (Å²) in [6, 6.07) is 12.0. The van der Waals surface area contributed by atoms with Crippen LogP contribution in [0.1, 0.15) is 6.42 Å². The van der Waals surface area contributed by atoms with E-state index in [1.807, 2.05) is 0 Å². The van der Waals surface area contributed by atoms with Gasteiger partial charge in [0, 0.05) is 0 Å². The van der Waals surface area contributed by atoms with Crippen LogP contribution >= 0.6 is 0 Å². The van der Waals surface area contributed by atoms with E-state index in [1.54, 1.807) is 24.3 Å². The van der Waals surface area contributed by atoms with Gasteiger partial charge in [0.1, 0.15) is 11.5 Å². The van der Waals surface area contributed by atoms with E-state index in [1.165, 1.54) is 38.5 Å². The fourth-order valence-corrected chi connectivity index (χ4v) is 5.05. The molecule has 0 aliphatic heterocycles. The molecule has 0 fully saturated rings. The predicted molar refractivity (Wildman–Crippen MR) is 94.7 cm³/mol. The summed E-state index contributed by atoms with van der Waals surface area (Å²) in [6.07, 6.45) is 0.0166. The van der Waals surface area contributed by atoms with Crippen LogP contribution in [0.15, 0.2) is 58.3 Å². The van der Waals surface area contributed by atoms with Gasteiger partial charge in [0.05, 0.1) is 35.5 Å². The van der Waals surface area contributed by atoms with Crippen molar-refractivity contribution in [3.63, 3.8) is 0 Å². The molecule has 0 aliphatic rings. The molecule has 6 nitrogen and oxygen atoms in total. The molecular weight excluding hydrogens is 364 g/mol. The molecule has 2 aromatic carbocycles. The number of benzene rings is 2. The van der Waals surface area contributed by atoms with Crippen LogP contribution in [-0.4, -0.2) is 42.6 Å². The summed E-state index contributed by atoms with van der Waals surface area (Å²) in [5, 5.41) is 0. The lowest BCUT2D eigenvalue weighted by atomic mass is 10.3. The van der Waals surface area contributed by atoms with Gasteiger partial charge in [0.2, 0.25) is 0 Å². The Bertz CT molecular complexity index is 821. The van der Waals surface area contributed by atoms with Crippen molar-refractivity contribution in [3.8, 4) is 11.5 Å². The first-order chi connectivity index (χ1) is 11.8. The smallest absolute Gasteiger partial charge is 0.178 e. The van der Waals surface area contributed by atoms with Gasteiger partial charge in [-0.15, -0.1) is 0 Å². The lowest BCUT2D eigenvalue weighted by molar-refractivity contribution is 0.414. The predicted octanol–water partition coefficient (Wildman–Crippen LogP) is 2.34. The van der Waals surface area contributed by atoms with Crippen molar-refractivity contribution in [3.05, 3.63) is 48.5 Å². The Morgan fingerprint density at radius 2 is 0.960 bits per heavy atom. The first-order valence-corrected chi connectivity index (χ1v) is 10.8. The zero-order chi connectivity index (χ0) is 18.5. The van der Waals surface area contributed by atoms with Crippen molar-refractivity contribution in [1.82, 2.24) is 0 Å². The Balaban J connectivity index is 2.02. The van der Waals surface area contributed by atoms with Gasteiger partial charge in [-0.05, 0) is 55.0 Å². The standard InChI is InChI=1S/C17H20O6S2/c1-22-14-4-8-16(9-5-14)24(18,19)12-3-13-25(20,21)17-10-6-15(23-2)7-11-17/h4-11H,3,12-13H2,1-2H3. The molecule has 2 rings (SSSR count). The molecule has 8 heteroatoms. The highest BCUT2D eigenvalue weighted by atomic mass is 32.2. The van der Waals surface area contributed by atoms with E-state index in [2.05, 4.69) is 0 Å². The van der Waals surface area contributed by atoms with Gasteiger partial charge in [-0.2, -0.15) is 0 Å². The largest absolute Gasteiger partial charge is 0.497 e. The number of methoxy groups -OCH3 is 2.